The Morgan fingerprint density at radius 2 is 1.21 bits per heavy atom. The molecule has 0 aliphatic heterocycles. The molecule has 0 radical (unpaired) electrons. The van der Waals surface area contributed by atoms with Gasteiger partial charge in [-0.2, -0.15) is 0 Å². The Kier molecular flexibility index (Phi) is 11.3. The minimum atomic E-state index is -0.861. The average molecular weight is 641 g/mol. The van der Waals surface area contributed by atoms with Crippen molar-refractivity contribution in [3.8, 4) is 33.6 Å². The molecule has 254 valence electrons. The highest BCUT2D eigenvalue weighted by Gasteiger charge is 2.32. The molecule has 0 saturated heterocycles. The molecule has 2 heterocycles. The van der Waals surface area contributed by atoms with E-state index in [9.17, 15) is 4.79 Å². The van der Waals surface area contributed by atoms with E-state index in [0.29, 0.717) is 0 Å². The predicted molar refractivity (Wildman–Crippen MR) is 195 cm³/mol. The fourth-order valence-electron chi connectivity index (χ4n) is 4.62. The Labute approximate surface area is 281 Å². The number of amides is 1. The van der Waals surface area contributed by atoms with Gasteiger partial charge < -0.3 is 32.1 Å². The van der Waals surface area contributed by atoms with E-state index < -0.39 is 11.4 Å². The van der Waals surface area contributed by atoms with Crippen molar-refractivity contribution in [1.29, 1.82) is 0 Å². The molecular formula is C38H56N8O. The second kappa shape index (κ2) is 14.3. The minimum absolute atomic E-state index is 0.0152. The van der Waals surface area contributed by atoms with Crippen LogP contribution < -0.4 is 22.1 Å². The monoisotopic (exact) mass is 640 g/mol. The van der Waals surface area contributed by atoms with Gasteiger partial charge in [-0.3, -0.25) is 4.79 Å². The molecule has 2 aromatic carbocycles. The molecule has 47 heavy (non-hydrogen) atoms. The molecule has 0 spiro atoms. The van der Waals surface area contributed by atoms with E-state index in [4.69, 9.17) is 16.5 Å². The number of nitrogens with one attached hydrogen (secondary N) is 4. The number of hydrogen-bond donors (Lipinski definition) is 6. The van der Waals surface area contributed by atoms with Crippen LogP contribution in [0.5, 0.6) is 0 Å². The number of primary amides is 1. The highest BCUT2D eigenvalue weighted by atomic mass is 16.1. The predicted octanol–water partition coefficient (Wildman–Crippen LogP) is 7.12. The Balaban J connectivity index is 0.000000771. The zero-order chi connectivity index (χ0) is 35.4. The van der Waals surface area contributed by atoms with E-state index in [1.807, 2.05) is 19.4 Å². The van der Waals surface area contributed by atoms with E-state index in [-0.39, 0.29) is 22.4 Å². The van der Waals surface area contributed by atoms with Crippen LogP contribution in [0.3, 0.4) is 0 Å². The summed E-state index contributed by atoms with van der Waals surface area (Å²) in [5.74, 6) is 1.45. The van der Waals surface area contributed by atoms with E-state index in [0.717, 1.165) is 46.3 Å². The van der Waals surface area contributed by atoms with Crippen LogP contribution in [0.1, 0.15) is 86.9 Å². The number of rotatable bonds is 10. The number of carbonyl (C=O) groups is 1. The number of nitrogens with two attached hydrogens (primary N) is 2. The number of benzene rings is 2. The number of H-pyrrole nitrogens is 2. The van der Waals surface area contributed by atoms with Crippen molar-refractivity contribution in [2.75, 3.05) is 7.05 Å². The molecule has 1 unspecified atom stereocenters. The lowest BCUT2D eigenvalue weighted by molar-refractivity contribution is -0.121. The summed E-state index contributed by atoms with van der Waals surface area (Å²) in [7, 11) is 1.95. The standard InChI is InChI=1S/C34H46N6.C4H10N2O/c1-22(34(8,9)35-10)38-30(33(5,6)7)31-37-21-28(40-31)26-17-13-24(14-18-26)23-11-15-25(16-12-23)27-20-36-29(39-27)19-32(2,3)4;1-4(2,6)3(5)7/h11-18,20-21,30,35,38H,1,19H2,2-10H3,(H,36,39)(H,37,40);6H2,1-2H3,(H2,5,7). The number of hydrogen-bond acceptors (Lipinski definition) is 6. The normalized spacial score (nSPS) is 13.0. The van der Waals surface area contributed by atoms with Gasteiger partial charge in [0.15, 0.2) is 0 Å². The van der Waals surface area contributed by atoms with E-state index in [1.54, 1.807) is 13.8 Å². The molecule has 0 fully saturated rings. The number of nitrogens with zero attached hydrogens (tertiary/aromatic N) is 2. The van der Waals surface area contributed by atoms with Crippen molar-refractivity contribution < 1.29 is 4.79 Å². The van der Waals surface area contributed by atoms with Crippen molar-refractivity contribution in [2.45, 2.75) is 92.8 Å². The maximum absolute atomic E-state index is 10.1. The average Bonchev–Trinajstić information content (AvgIpc) is 3.64. The molecule has 9 nitrogen and oxygen atoms in total. The third-order valence-electron chi connectivity index (χ3n) is 8.12. The molecule has 0 aliphatic rings. The van der Waals surface area contributed by atoms with Crippen molar-refractivity contribution in [3.05, 3.63) is 84.8 Å². The van der Waals surface area contributed by atoms with Gasteiger partial charge in [0.2, 0.25) is 5.91 Å². The van der Waals surface area contributed by atoms with E-state index in [1.165, 1.54) is 11.1 Å². The zero-order valence-corrected chi connectivity index (χ0v) is 30.2. The van der Waals surface area contributed by atoms with Crippen LogP contribution in [0, 0.1) is 10.8 Å². The van der Waals surface area contributed by atoms with Gasteiger partial charge in [-0.25, -0.2) is 9.97 Å². The molecule has 4 aromatic rings. The Hall–Kier alpha value is -4.21. The van der Waals surface area contributed by atoms with Gasteiger partial charge in [-0.15, -0.1) is 0 Å². The lowest BCUT2D eigenvalue weighted by Gasteiger charge is -2.36. The van der Waals surface area contributed by atoms with Crippen LogP contribution in [0.2, 0.25) is 0 Å². The summed E-state index contributed by atoms with van der Waals surface area (Å²) >= 11 is 0. The molecule has 0 bridgehead atoms. The number of likely N-dealkylation sites (N-methyl/N-ethyl adjacent to an activating group) is 1. The number of aromatic amines is 2. The third kappa shape index (κ3) is 10.4. The quantitative estimate of drug-likeness (QED) is 0.109. The number of aromatic nitrogens is 4. The van der Waals surface area contributed by atoms with E-state index in [2.05, 4.69) is 136 Å². The SMILES string of the molecule is C=C(NC(c1ncc(-c2ccc(-c3ccc(-c4cnc(CC(C)(C)C)[nH]4)cc3)cc2)[nH]1)C(C)(C)C)C(C)(C)NC.CC(C)(N)C(N)=O. The summed E-state index contributed by atoms with van der Waals surface area (Å²) < 4.78 is 0. The highest BCUT2D eigenvalue weighted by molar-refractivity contribution is 5.83. The van der Waals surface area contributed by atoms with Crippen molar-refractivity contribution in [3.63, 3.8) is 0 Å². The van der Waals surface area contributed by atoms with Crippen LogP contribution >= 0.6 is 0 Å². The molecule has 9 heteroatoms. The van der Waals surface area contributed by atoms with Gasteiger partial charge in [0.05, 0.1) is 40.9 Å². The van der Waals surface area contributed by atoms with E-state index >= 15 is 0 Å². The molecular weight excluding hydrogens is 584 g/mol. The van der Waals surface area contributed by atoms with Crippen LogP contribution in [-0.2, 0) is 11.2 Å². The lowest BCUT2D eigenvalue weighted by Crippen LogP contribution is -2.46. The number of imidazole rings is 2. The van der Waals surface area contributed by atoms with Crippen molar-refractivity contribution in [1.82, 2.24) is 30.6 Å². The first-order valence-electron chi connectivity index (χ1n) is 16.1. The zero-order valence-electron chi connectivity index (χ0n) is 30.2. The highest BCUT2D eigenvalue weighted by Crippen LogP contribution is 2.34. The van der Waals surface area contributed by atoms with Crippen LogP contribution in [0.25, 0.3) is 33.6 Å². The summed E-state index contributed by atoms with van der Waals surface area (Å²) in [6, 6.07) is 17.3. The summed E-state index contributed by atoms with van der Waals surface area (Å²) in [6.07, 6.45) is 4.77. The minimum Gasteiger partial charge on any atom is -0.377 e. The maximum Gasteiger partial charge on any atom is 0.236 e. The van der Waals surface area contributed by atoms with Crippen molar-refractivity contribution in [2.24, 2.45) is 22.3 Å². The van der Waals surface area contributed by atoms with Gasteiger partial charge in [0.1, 0.15) is 11.6 Å². The fourth-order valence-corrected chi connectivity index (χ4v) is 4.62. The summed E-state index contributed by atoms with van der Waals surface area (Å²) in [5.41, 5.74) is 16.6. The first-order valence-corrected chi connectivity index (χ1v) is 16.1. The lowest BCUT2D eigenvalue weighted by atomic mass is 9.85. The smallest absolute Gasteiger partial charge is 0.236 e. The summed E-state index contributed by atoms with van der Waals surface area (Å²) in [6.45, 7) is 25.0. The van der Waals surface area contributed by atoms with Gasteiger partial charge in [0, 0.05) is 12.1 Å². The van der Waals surface area contributed by atoms with Crippen LogP contribution in [-0.4, -0.2) is 44.0 Å². The van der Waals surface area contributed by atoms with Gasteiger partial charge in [-0.05, 0) is 67.8 Å². The fraction of sp³-hybridized carbons (Fsp3) is 0.447. The molecule has 4 rings (SSSR count). The second-order valence-electron chi connectivity index (χ2n) is 15.7. The topological polar surface area (TPSA) is 151 Å². The first-order chi connectivity index (χ1) is 21.6. The van der Waals surface area contributed by atoms with Crippen LogP contribution in [0.4, 0.5) is 0 Å². The Morgan fingerprint density at radius 1 is 0.787 bits per heavy atom. The molecule has 0 aliphatic carbocycles. The Morgan fingerprint density at radius 3 is 1.62 bits per heavy atom. The van der Waals surface area contributed by atoms with Gasteiger partial charge >= 0.3 is 0 Å². The molecule has 1 amide bonds. The van der Waals surface area contributed by atoms with Crippen LogP contribution in [0.15, 0.2) is 73.2 Å². The molecule has 8 N–H and O–H groups in total. The largest absolute Gasteiger partial charge is 0.377 e. The second-order valence-corrected chi connectivity index (χ2v) is 15.7. The summed E-state index contributed by atoms with van der Waals surface area (Å²) in [4.78, 5) is 26.5. The number of carbonyl (C=O) groups excluding carboxylic acids is 1. The Bertz CT molecular complexity index is 1620. The maximum atomic E-state index is 10.1. The van der Waals surface area contributed by atoms with Gasteiger partial charge in [0.25, 0.3) is 0 Å². The van der Waals surface area contributed by atoms with Gasteiger partial charge in [-0.1, -0.05) is 96.7 Å². The first kappa shape index (κ1) is 37.2. The molecule has 2 aromatic heterocycles. The van der Waals surface area contributed by atoms with Crippen molar-refractivity contribution >= 4 is 5.91 Å². The summed E-state index contributed by atoms with van der Waals surface area (Å²) in [5, 5.41) is 6.95. The third-order valence-corrected chi connectivity index (χ3v) is 8.12. The molecule has 1 atom stereocenters. The molecule has 0 saturated carbocycles.